The topological polar surface area (TPSA) is 81.0 Å². The highest BCUT2D eigenvalue weighted by Gasteiger charge is 2.48. The average molecular weight is 511 g/mol. The molecule has 7 heteroatoms. The number of aliphatic hydroxyl groups is 1. The summed E-state index contributed by atoms with van der Waals surface area (Å²) in [6, 6.07) is 19.3. The molecular formula is C31H30N2O5. The predicted molar refractivity (Wildman–Crippen MR) is 148 cm³/mol. The van der Waals surface area contributed by atoms with Crippen molar-refractivity contribution in [2.45, 2.75) is 25.8 Å². The van der Waals surface area contributed by atoms with E-state index in [-0.39, 0.29) is 17.3 Å². The summed E-state index contributed by atoms with van der Waals surface area (Å²) in [6.45, 7) is 4.05. The van der Waals surface area contributed by atoms with Crippen LogP contribution in [0.15, 0.2) is 78.5 Å². The average Bonchev–Trinajstić information content (AvgIpc) is 3.40. The fourth-order valence-corrected chi connectivity index (χ4v) is 5.23. The molecule has 0 radical (unpaired) electrons. The van der Waals surface area contributed by atoms with Crippen molar-refractivity contribution in [1.82, 2.24) is 4.57 Å². The summed E-state index contributed by atoms with van der Waals surface area (Å²) in [7, 11) is 5.06. The van der Waals surface area contributed by atoms with Gasteiger partial charge in [-0.2, -0.15) is 0 Å². The summed E-state index contributed by atoms with van der Waals surface area (Å²) in [6.07, 6.45) is 1.91. The highest BCUT2D eigenvalue weighted by molar-refractivity contribution is 6.52. The number of rotatable bonds is 6. The monoisotopic (exact) mass is 510 g/mol. The molecule has 5 rings (SSSR count). The number of para-hydroxylation sites is 1. The fraction of sp³-hybridized carbons (Fsp3) is 0.226. The van der Waals surface area contributed by atoms with Crippen LogP contribution in [0.2, 0.25) is 0 Å². The van der Waals surface area contributed by atoms with E-state index >= 15 is 0 Å². The molecule has 1 N–H and O–H groups in total. The zero-order valence-corrected chi connectivity index (χ0v) is 22.1. The SMILES string of the molecule is COc1cccc(N2C(=O)C(=O)/C(=C(/O)c3ccc(OC)c(C(C)C)c3)C2c2cn(C)c3ccccc23)c1. The van der Waals surface area contributed by atoms with E-state index in [2.05, 4.69) is 0 Å². The normalized spacial score (nSPS) is 17.0. The molecule has 4 aromatic rings. The summed E-state index contributed by atoms with van der Waals surface area (Å²) in [5, 5.41) is 12.5. The standard InChI is InChI=1S/C31H30N2O5/c1-18(2)23-15-19(13-14-26(23)38-5)29(34)27-28(24-17-32(3)25-12-7-6-11-22(24)25)33(31(36)30(27)35)20-9-8-10-21(16-20)37-4/h6-18,28,34H,1-5H3/b29-27+. The van der Waals surface area contributed by atoms with Crippen molar-refractivity contribution in [3.05, 3.63) is 95.2 Å². The number of Topliss-reactive ketones (excluding diaryl/α,β-unsaturated/α-hetero) is 1. The lowest BCUT2D eigenvalue weighted by atomic mass is 9.93. The molecule has 1 unspecified atom stereocenters. The van der Waals surface area contributed by atoms with Crippen LogP contribution in [0, 0.1) is 0 Å². The van der Waals surface area contributed by atoms with Crippen molar-refractivity contribution in [2.75, 3.05) is 19.1 Å². The third-order valence-corrected chi connectivity index (χ3v) is 7.12. The van der Waals surface area contributed by atoms with Gasteiger partial charge in [-0.3, -0.25) is 14.5 Å². The minimum Gasteiger partial charge on any atom is -0.507 e. The van der Waals surface area contributed by atoms with Gasteiger partial charge in [0.05, 0.1) is 25.8 Å². The van der Waals surface area contributed by atoms with Crippen LogP contribution >= 0.6 is 0 Å². The van der Waals surface area contributed by atoms with Gasteiger partial charge >= 0.3 is 0 Å². The lowest BCUT2D eigenvalue weighted by molar-refractivity contribution is -0.132. The van der Waals surface area contributed by atoms with E-state index < -0.39 is 17.7 Å². The number of nitrogens with zero attached hydrogens (tertiary/aromatic N) is 2. The van der Waals surface area contributed by atoms with E-state index in [1.54, 1.807) is 50.6 Å². The minimum absolute atomic E-state index is 0.0362. The number of fused-ring (bicyclic) bond motifs is 1. The van der Waals surface area contributed by atoms with E-state index in [0.717, 1.165) is 22.0 Å². The Hall–Kier alpha value is -4.52. The van der Waals surface area contributed by atoms with Gasteiger partial charge in [-0.05, 0) is 47.9 Å². The molecule has 1 aliphatic rings. The molecule has 2 heterocycles. The quantitative estimate of drug-likeness (QED) is 0.197. The summed E-state index contributed by atoms with van der Waals surface area (Å²) in [4.78, 5) is 28.7. The summed E-state index contributed by atoms with van der Waals surface area (Å²) < 4.78 is 12.9. The van der Waals surface area contributed by atoms with Gasteiger partial charge in [-0.15, -0.1) is 0 Å². The number of methoxy groups -OCH3 is 2. The number of aliphatic hydroxyl groups excluding tert-OH is 1. The van der Waals surface area contributed by atoms with Crippen molar-refractivity contribution < 1.29 is 24.2 Å². The van der Waals surface area contributed by atoms with Crippen molar-refractivity contribution in [2.24, 2.45) is 7.05 Å². The van der Waals surface area contributed by atoms with Crippen LogP contribution in [0.5, 0.6) is 11.5 Å². The molecule has 1 atom stereocenters. The number of aromatic nitrogens is 1. The highest BCUT2D eigenvalue weighted by atomic mass is 16.5. The lowest BCUT2D eigenvalue weighted by Crippen LogP contribution is -2.29. The Morgan fingerprint density at radius 3 is 2.42 bits per heavy atom. The maximum atomic E-state index is 13.7. The van der Waals surface area contributed by atoms with Crippen LogP contribution in [-0.4, -0.2) is 35.6 Å². The number of ketones is 1. The van der Waals surface area contributed by atoms with Gasteiger partial charge in [0.2, 0.25) is 0 Å². The first kappa shape index (κ1) is 25.1. The second-order valence-electron chi connectivity index (χ2n) is 9.69. The Bertz CT molecular complexity index is 1600. The minimum atomic E-state index is -0.849. The van der Waals surface area contributed by atoms with Gasteiger partial charge in [-0.1, -0.05) is 38.1 Å². The van der Waals surface area contributed by atoms with Crippen molar-refractivity contribution in [1.29, 1.82) is 0 Å². The third-order valence-electron chi connectivity index (χ3n) is 7.12. The first-order valence-electron chi connectivity index (χ1n) is 12.4. The van der Waals surface area contributed by atoms with Crippen molar-refractivity contribution in [3.8, 4) is 11.5 Å². The van der Waals surface area contributed by atoms with Crippen LogP contribution in [-0.2, 0) is 16.6 Å². The molecule has 3 aromatic carbocycles. The Labute approximate surface area is 221 Å². The largest absolute Gasteiger partial charge is 0.507 e. The molecule has 0 bridgehead atoms. The molecular weight excluding hydrogens is 480 g/mol. The molecule has 1 aliphatic heterocycles. The van der Waals surface area contributed by atoms with Gasteiger partial charge < -0.3 is 19.1 Å². The van der Waals surface area contributed by atoms with E-state index in [9.17, 15) is 14.7 Å². The summed E-state index contributed by atoms with van der Waals surface area (Å²) in [5.41, 5.74) is 3.56. The number of ether oxygens (including phenoxy) is 2. The Kier molecular flexibility index (Phi) is 6.45. The van der Waals surface area contributed by atoms with Crippen molar-refractivity contribution >= 4 is 34.0 Å². The second kappa shape index (κ2) is 9.74. The number of anilines is 1. The van der Waals surface area contributed by atoms with E-state index in [1.165, 1.54) is 4.90 Å². The summed E-state index contributed by atoms with van der Waals surface area (Å²) >= 11 is 0. The van der Waals surface area contributed by atoms with Crippen LogP contribution in [0.3, 0.4) is 0 Å². The molecule has 1 saturated heterocycles. The molecule has 0 saturated carbocycles. The molecule has 0 aliphatic carbocycles. The smallest absolute Gasteiger partial charge is 0.300 e. The molecule has 1 amide bonds. The molecule has 1 fully saturated rings. The zero-order valence-electron chi connectivity index (χ0n) is 22.1. The van der Waals surface area contributed by atoms with Gasteiger partial charge in [0, 0.05) is 47.0 Å². The molecule has 194 valence electrons. The highest BCUT2D eigenvalue weighted by Crippen LogP contribution is 2.45. The number of carbonyl (C=O) groups is 2. The van der Waals surface area contributed by atoms with Gasteiger partial charge in [0.25, 0.3) is 11.7 Å². The first-order chi connectivity index (χ1) is 18.3. The number of hydrogen-bond donors (Lipinski definition) is 1. The van der Waals surface area contributed by atoms with E-state index in [0.29, 0.717) is 22.7 Å². The van der Waals surface area contributed by atoms with E-state index in [1.807, 2.05) is 62.0 Å². The third kappa shape index (κ3) is 4.00. The maximum Gasteiger partial charge on any atom is 0.300 e. The Morgan fingerprint density at radius 1 is 0.947 bits per heavy atom. The van der Waals surface area contributed by atoms with Crippen LogP contribution in [0.1, 0.15) is 42.5 Å². The number of benzene rings is 3. The maximum absolute atomic E-state index is 13.7. The molecule has 7 nitrogen and oxygen atoms in total. The van der Waals surface area contributed by atoms with Gasteiger partial charge in [0.15, 0.2) is 0 Å². The fourth-order valence-electron chi connectivity index (χ4n) is 5.23. The summed E-state index contributed by atoms with van der Waals surface area (Å²) in [5.74, 6) is -0.320. The Balaban J connectivity index is 1.79. The number of amides is 1. The number of hydrogen-bond acceptors (Lipinski definition) is 5. The van der Waals surface area contributed by atoms with Crippen LogP contribution < -0.4 is 14.4 Å². The number of aryl methyl sites for hydroxylation is 1. The van der Waals surface area contributed by atoms with Crippen molar-refractivity contribution in [3.63, 3.8) is 0 Å². The lowest BCUT2D eigenvalue weighted by Gasteiger charge is -2.25. The molecule has 38 heavy (non-hydrogen) atoms. The van der Waals surface area contributed by atoms with Crippen LogP contribution in [0.4, 0.5) is 5.69 Å². The first-order valence-corrected chi connectivity index (χ1v) is 12.4. The predicted octanol–water partition coefficient (Wildman–Crippen LogP) is 5.95. The van der Waals surface area contributed by atoms with Crippen LogP contribution in [0.25, 0.3) is 16.7 Å². The number of carbonyl (C=O) groups excluding carboxylic acids is 2. The zero-order chi connectivity index (χ0) is 27.1. The van der Waals surface area contributed by atoms with E-state index in [4.69, 9.17) is 9.47 Å². The molecule has 1 aromatic heterocycles. The second-order valence-corrected chi connectivity index (χ2v) is 9.69. The Morgan fingerprint density at radius 2 is 1.71 bits per heavy atom. The molecule has 0 spiro atoms. The van der Waals surface area contributed by atoms with Gasteiger partial charge in [0.1, 0.15) is 17.3 Å². The van der Waals surface area contributed by atoms with Gasteiger partial charge in [-0.25, -0.2) is 0 Å².